The Morgan fingerprint density at radius 1 is 1.41 bits per heavy atom. The first-order valence-electron chi connectivity index (χ1n) is 7.45. The quantitative estimate of drug-likeness (QED) is 0.787. The minimum Gasteiger partial charge on any atom is -0.356 e. The van der Waals surface area contributed by atoms with Crippen molar-refractivity contribution in [1.82, 2.24) is 15.2 Å². The number of aromatic amines is 1. The molecule has 2 aromatic rings. The molecule has 22 heavy (non-hydrogen) atoms. The summed E-state index contributed by atoms with van der Waals surface area (Å²) < 4.78 is 0. The van der Waals surface area contributed by atoms with Crippen LogP contribution in [0.2, 0.25) is 0 Å². The summed E-state index contributed by atoms with van der Waals surface area (Å²) in [6, 6.07) is 6.81. The van der Waals surface area contributed by atoms with Crippen LogP contribution in [0.3, 0.4) is 0 Å². The lowest BCUT2D eigenvalue weighted by atomic mass is 9.97. The molecular weight excluding hydrogens is 280 g/mol. The topological polar surface area (TPSA) is 91.2 Å². The number of fused-ring (bicyclic) bond motifs is 3. The van der Waals surface area contributed by atoms with Gasteiger partial charge in [-0.05, 0) is 31.9 Å². The van der Waals surface area contributed by atoms with E-state index in [1.165, 1.54) is 10.9 Å². The minimum absolute atomic E-state index is 0.0548. The number of urea groups is 1. The van der Waals surface area contributed by atoms with E-state index in [-0.39, 0.29) is 11.9 Å². The van der Waals surface area contributed by atoms with E-state index < -0.39 is 12.1 Å². The zero-order valence-corrected chi connectivity index (χ0v) is 12.7. The summed E-state index contributed by atoms with van der Waals surface area (Å²) in [5.74, 6) is -0.115. The predicted octanol–water partition coefficient (Wildman–Crippen LogP) is 1.67. The number of carbonyl (C=O) groups is 2. The average Bonchev–Trinajstić information content (AvgIpc) is 2.86. The van der Waals surface area contributed by atoms with E-state index in [0.29, 0.717) is 6.54 Å². The van der Waals surface area contributed by atoms with E-state index in [9.17, 15) is 9.59 Å². The van der Waals surface area contributed by atoms with E-state index in [1.807, 2.05) is 25.1 Å². The van der Waals surface area contributed by atoms with E-state index in [4.69, 9.17) is 5.73 Å². The number of rotatable bonds is 2. The molecule has 0 spiro atoms. The van der Waals surface area contributed by atoms with Gasteiger partial charge in [-0.1, -0.05) is 18.2 Å². The maximum absolute atomic E-state index is 12.5. The van der Waals surface area contributed by atoms with Crippen LogP contribution in [-0.2, 0) is 11.2 Å². The molecule has 6 nitrogen and oxygen atoms in total. The molecule has 3 amide bonds. The number of hydrogen-bond acceptors (Lipinski definition) is 2. The van der Waals surface area contributed by atoms with Crippen LogP contribution < -0.4 is 11.1 Å². The van der Waals surface area contributed by atoms with Crippen molar-refractivity contribution in [2.75, 3.05) is 6.54 Å². The highest BCUT2D eigenvalue weighted by Gasteiger charge is 2.32. The molecule has 0 saturated heterocycles. The zero-order valence-electron chi connectivity index (χ0n) is 12.7. The third-order valence-electron chi connectivity index (χ3n) is 4.35. The summed E-state index contributed by atoms with van der Waals surface area (Å²) in [6.45, 7) is 4.29. The van der Waals surface area contributed by atoms with E-state index in [1.54, 1.807) is 11.8 Å². The smallest absolute Gasteiger partial charge is 0.312 e. The number of nitrogens with one attached hydrogen (secondary N) is 2. The Morgan fingerprint density at radius 2 is 2.14 bits per heavy atom. The summed E-state index contributed by atoms with van der Waals surface area (Å²) >= 11 is 0. The molecule has 0 fully saturated rings. The predicted molar refractivity (Wildman–Crippen MR) is 84.3 cm³/mol. The Hall–Kier alpha value is -2.50. The maximum atomic E-state index is 12.5. The fourth-order valence-corrected chi connectivity index (χ4v) is 3.25. The van der Waals surface area contributed by atoms with Crippen LogP contribution >= 0.6 is 0 Å². The van der Waals surface area contributed by atoms with Gasteiger partial charge in [-0.15, -0.1) is 0 Å². The van der Waals surface area contributed by atoms with Crippen LogP contribution in [0.5, 0.6) is 0 Å². The first kappa shape index (κ1) is 14.4. The number of H-pyrrole nitrogens is 1. The third kappa shape index (κ3) is 2.30. The molecule has 1 aromatic heterocycles. The Balaban J connectivity index is 1.89. The molecule has 116 valence electrons. The van der Waals surface area contributed by atoms with Gasteiger partial charge < -0.3 is 20.9 Å². The molecule has 0 aliphatic carbocycles. The maximum Gasteiger partial charge on any atom is 0.312 e. The lowest BCUT2D eigenvalue weighted by molar-refractivity contribution is -0.135. The van der Waals surface area contributed by atoms with Crippen molar-refractivity contribution >= 4 is 22.8 Å². The monoisotopic (exact) mass is 300 g/mol. The minimum atomic E-state index is -0.684. The molecular formula is C16H20N4O2. The van der Waals surface area contributed by atoms with Gasteiger partial charge in [0.25, 0.3) is 0 Å². The highest BCUT2D eigenvalue weighted by Crippen LogP contribution is 2.34. The SMILES string of the molecule is CC(NC(N)=O)C(=O)N1CCc2c([nH]c3ccccc23)C1C. The third-order valence-corrected chi connectivity index (χ3v) is 4.35. The largest absolute Gasteiger partial charge is 0.356 e. The van der Waals surface area contributed by atoms with Crippen LogP contribution in [0, 0.1) is 0 Å². The molecule has 1 aliphatic rings. The summed E-state index contributed by atoms with van der Waals surface area (Å²) in [5, 5.41) is 3.67. The second-order valence-corrected chi connectivity index (χ2v) is 5.75. The fraction of sp³-hybridized carbons (Fsp3) is 0.375. The second-order valence-electron chi connectivity index (χ2n) is 5.75. The van der Waals surface area contributed by atoms with Gasteiger partial charge in [-0.3, -0.25) is 4.79 Å². The van der Waals surface area contributed by atoms with Crippen molar-refractivity contribution < 1.29 is 9.59 Å². The molecule has 0 radical (unpaired) electrons. The van der Waals surface area contributed by atoms with E-state index >= 15 is 0 Å². The number of primary amides is 1. The highest BCUT2D eigenvalue weighted by molar-refractivity contribution is 5.88. The molecule has 2 atom stereocenters. The van der Waals surface area contributed by atoms with Crippen molar-refractivity contribution in [2.24, 2.45) is 5.73 Å². The number of nitrogens with zero attached hydrogens (tertiary/aromatic N) is 1. The van der Waals surface area contributed by atoms with Crippen LogP contribution in [-0.4, -0.2) is 34.4 Å². The average molecular weight is 300 g/mol. The van der Waals surface area contributed by atoms with Crippen LogP contribution in [0.4, 0.5) is 4.79 Å². The number of benzene rings is 1. The number of aromatic nitrogens is 1. The summed E-state index contributed by atoms with van der Waals surface area (Å²) in [4.78, 5) is 28.7. The normalized spacial score (nSPS) is 18.8. The lowest BCUT2D eigenvalue weighted by Gasteiger charge is -2.35. The first-order chi connectivity index (χ1) is 10.5. The molecule has 1 aliphatic heterocycles. The van der Waals surface area contributed by atoms with Gasteiger partial charge in [0.2, 0.25) is 5.91 Å². The summed E-state index contributed by atoms with van der Waals surface area (Å²) in [7, 11) is 0. The van der Waals surface area contributed by atoms with Gasteiger partial charge >= 0.3 is 6.03 Å². The van der Waals surface area contributed by atoms with Gasteiger partial charge in [0.05, 0.1) is 6.04 Å². The Morgan fingerprint density at radius 3 is 2.86 bits per heavy atom. The van der Waals surface area contributed by atoms with E-state index in [2.05, 4.69) is 16.4 Å². The van der Waals surface area contributed by atoms with Crippen LogP contribution in [0.25, 0.3) is 10.9 Å². The van der Waals surface area contributed by atoms with Crippen molar-refractivity contribution in [3.8, 4) is 0 Å². The van der Waals surface area contributed by atoms with Crippen molar-refractivity contribution in [3.05, 3.63) is 35.5 Å². The Kier molecular flexibility index (Phi) is 3.52. The number of carbonyl (C=O) groups excluding carboxylic acids is 2. The number of amides is 3. The van der Waals surface area contributed by atoms with Crippen LogP contribution in [0.15, 0.2) is 24.3 Å². The molecule has 4 N–H and O–H groups in total. The van der Waals surface area contributed by atoms with Gasteiger partial charge in [0.1, 0.15) is 6.04 Å². The van der Waals surface area contributed by atoms with Crippen molar-refractivity contribution in [2.45, 2.75) is 32.4 Å². The second kappa shape index (κ2) is 5.36. The van der Waals surface area contributed by atoms with Crippen molar-refractivity contribution in [1.29, 1.82) is 0 Å². The first-order valence-corrected chi connectivity index (χ1v) is 7.45. The summed E-state index contributed by atoms with van der Waals surface area (Å²) in [6.07, 6.45) is 0.804. The Labute approximate surface area is 128 Å². The van der Waals surface area contributed by atoms with Gasteiger partial charge in [-0.25, -0.2) is 4.79 Å². The number of hydrogen-bond donors (Lipinski definition) is 3. The molecule has 6 heteroatoms. The lowest BCUT2D eigenvalue weighted by Crippen LogP contribution is -2.50. The molecule has 2 unspecified atom stereocenters. The highest BCUT2D eigenvalue weighted by atomic mass is 16.2. The van der Waals surface area contributed by atoms with Gasteiger partial charge in [0.15, 0.2) is 0 Å². The molecule has 0 bridgehead atoms. The molecule has 0 saturated carbocycles. The number of nitrogens with two attached hydrogens (primary N) is 1. The standard InChI is InChI=1S/C16H20N4O2/c1-9(18-16(17)22)15(21)20-8-7-12-11-5-3-4-6-13(11)19-14(12)10(20)2/h3-6,9-10,19H,7-8H2,1-2H3,(H3,17,18,22). The zero-order chi connectivity index (χ0) is 15.9. The molecule has 1 aromatic carbocycles. The number of para-hydroxylation sites is 1. The molecule has 3 rings (SSSR count). The molecule has 2 heterocycles. The van der Waals surface area contributed by atoms with Crippen LogP contribution in [0.1, 0.15) is 31.1 Å². The van der Waals surface area contributed by atoms with Gasteiger partial charge in [0, 0.05) is 23.1 Å². The van der Waals surface area contributed by atoms with Crippen molar-refractivity contribution in [3.63, 3.8) is 0 Å². The Bertz CT molecular complexity index is 737. The van der Waals surface area contributed by atoms with Gasteiger partial charge in [-0.2, -0.15) is 0 Å². The van der Waals surface area contributed by atoms with E-state index in [0.717, 1.165) is 17.6 Å². The fourth-order valence-electron chi connectivity index (χ4n) is 3.25. The summed E-state index contributed by atoms with van der Waals surface area (Å²) in [5.41, 5.74) is 8.55.